The third-order valence-corrected chi connectivity index (χ3v) is 4.35. The van der Waals surface area contributed by atoms with E-state index in [2.05, 4.69) is 23.7 Å². The number of hydrogen-bond donors (Lipinski definition) is 1. The van der Waals surface area contributed by atoms with Crippen LogP contribution in [-0.2, 0) is 0 Å². The van der Waals surface area contributed by atoms with Gasteiger partial charge in [-0.15, -0.1) is 0 Å². The van der Waals surface area contributed by atoms with Crippen molar-refractivity contribution in [2.45, 2.75) is 38.6 Å². The van der Waals surface area contributed by atoms with Gasteiger partial charge in [0.05, 0.1) is 11.7 Å². The Hall–Kier alpha value is -1.88. The van der Waals surface area contributed by atoms with Gasteiger partial charge in [0.25, 0.3) is 0 Å². The van der Waals surface area contributed by atoms with Crippen molar-refractivity contribution < 1.29 is 9.90 Å². The fraction of sp³-hybridized carbons (Fsp3) is 0.500. The Balaban J connectivity index is 2.02. The van der Waals surface area contributed by atoms with E-state index >= 15 is 0 Å². The molecular weight excluding hydrogens is 266 g/mol. The van der Waals surface area contributed by atoms with E-state index in [0.29, 0.717) is 17.7 Å². The van der Waals surface area contributed by atoms with Gasteiger partial charge in [0.1, 0.15) is 11.5 Å². The van der Waals surface area contributed by atoms with Crippen LogP contribution in [0.2, 0.25) is 0 Å². The number of imidazole rings is 1. The number of aromatic carboxylic acids is 1. The Labute approximate surface area is 124 Å². The number of nitrogens with zero attached hydrogens (tertiary/aromatic N) is 3. The smallest absolute Gasteiger partial charge is 0.352 e. The molecule has 0 saturated carbocycles. The van der Waals surface area contributed by atoms with Gasteiger partial charge in [-0.25, -0.2) is 9.78 Å². The summed E-state index contributed by atoms with van der Waals surface area (Å²) in [5.74, 6) is 0.272. The molecule has 0 aliphatic carbocycles. The lowest BCUT2D eigenvalue weighted by Gasteiger charge is -2.35. The Morgan fingerprint density at radius 1 is 1.43 bits per heavy atom. The molecular formula is C16H21N3O2. The molecule has 3 rings (SSSR count). The van der Waals surface area contributed by atoms with Gasteiger partial charge in [-0.3, -0.25) is 4.40 Å². The van der Waals surface area contributed by atoms with Crippen molar-refractivity contribution in [1.29, 1.82) is 0 Å². The molecule has 0 radical (unpaired) electrons. The van der Waals surface area contributed by atoms with E-state index < -0.39 is 5.97 Å². The molecule has 1 aliphatic heterocycles. The number of carbonyl (C=O) groups is 1. The highest BCUT2D eigenvalue weighted by Crippen LogP contribution is 2.28. The summed E-state index contributed by atoms with van der Waals surface area (Å²) >= 11 is 0. The number of piperidine rings is 1. The highest BCUT2D eigenvalue weighted by molar-refractivity contribution is 5.86. The number of hydrogen-bond acceptors (Lipinski definition) is 3. The second-order valence-electron chi connectivity index (χ2n) is 6.02. The summed E-state index contributed by atoms with van der Waals surface area (Å²) in [5.41, 5.74) is 1.15. The molecule has 5 nitrogen and oxygen atoms in total. The van der Waals surface area contributed by atoms with Gasteiger partial charge in [-0.1, -0.05) is 6.07 Å². The number of rotatable bonds is 3. The lowest BCUT2D eigenvalue weighted by atomic mass is 9.96. The molecule has 1 N–H and O–H groups in total. The van der Waals surface area contributed by atoms with E-state index in [0.717, 1.165) is 37.3 Å². The lowest BCUT2D eigenvalue weighted by Crippen LogP contribution is -2.39. The van der Waals surface area contributed by atoms with Crippen molar-refractivity contribution in [1.82, 2.24) is 14.3 Å². The molecule has 112 valence electrons. The minimum absolute atomic E-state index is 0.293. The highest BCUT2D eigenvalue weighted by Gasteiger charge is 2.27. The minimum atomic E-state index is -0.906. The first-order valence-electron chi connectivity index (χ1n) is 7.51. The minimum Gasteiger partial charge on any atom is -0.477 e. The SMILES string of the molecule is CC(C)N1CCCC(c2ncc3cccc(C(=O)O)n23)C1. The molecule has 3 heterocycles. The molecule has 0 bridgehead atoms. The molecule has 1 fully saturated rings. The Bertz CT molecular complexity index is 663. The van der Waals surface area contributed by atoms with E-state index in [1.54, 1.807) is 22.7 Å². The van der Waals surface area contributed by atoms with Crippen LogP contribution in [-0.4, -0.2) is 44.5 Å². The van der Waals surface area contributed by atoms with E-state index in [9.17, 15) is 9.90 Å². The fourth-order valence-corrected chi connectivity index (χ4v) is 3.21. The zero-order chi connectivity index (χ0) is 15.0. The van der Waals surface area contributed by atoms with Crippen LogP contribution in [0.4, 0.5) is 0 Å². The summed E-state index contributed by atoms with van der Waals surface area (Å²) in [6.45, 7) is 6.47. The first-order valence-corrected chi connectivity index (χ1v) is 7.51. The van der Waals surface area contributed by atoms with Gasteiger partial charge in [0, 0.05) is 18.5 Å². The number of carboxylic acid groups (broad SMARTS) is 1. The Kier molecular flexibility index (Phi) is 3.68. The molecule has 5 heteroatoms. The van der Waals surface area contributed by atoms with Crippen LogP contribution >= 0.6 is 0 Å². The molecule has 1 atom stereocenters. The molecule has 0 aromatic carbocycles. The van der Waals surface area contributed by atoms with Crippen molar-refractivity contribution in [3.05, 3.63) is 35.9 Å². The molecule has 1 unspecified atom stereocenters. The van der Waals surface area contributed by atoms with Crippen LogP contribution < -0.4 is 0 Å². The molecule has 2 aromatic heterocycles. The van der Waals surface area contributed by atoms with Crippen molar-refractivity contribution in [2.75, 3.05) is 13.1 Å². The number of likely N-dealkylation sites (tertiary alicyclic amines) is 1. The van der Waals surface area contributed by atoms with Gasteiger partial charge < -0.3 is 10.0 Å². The van der Waals surface area contributed by atoms with Gasteiger partial charge in [0.2, 0.25) is 0 Å². The summed E-state index contributed by atoms with van der Waals surface area (Å²) < 4.78 is 1.80. The number of carboxylic acids is 1. The maximum atomic E-state index is 11.5. The monoisotopic (exact) mass is 287 g/mol. The van der Waals surface area contributed by atoms with Crippen molar-refractivity contribution in [2.24, 2.45) is 0 Å². The van der Waals surface area contributed by atoms with Crippen molar-refractivity contribution >= 4 is 11.5 Å². The molecule has 2 aromatic rings. The molecule has 21 heavy (non-hydrogen) atoms. The predicted octanol–water partition coefficient (Wildman–Crippen LogP) is 2.62. The van der Waals surface area contributed by atoms with E-state index in [1.807, 2.05) is 6.07 Å². The van der Waals surface area contributed by atoms with Crippen LogP contribution in [0.5, 0.6) is 0 Å². The largest absolute Gasteiger partial charge is 0.477 e. The van der Waals surface area contributed by atoms with Gasteiger partial charge >= 0.3 is 5.97 Å². The normalized spacial score (nSPS) is 20.2. The van der Waals surface area contributed by atoms with Crippen LogP contribution in [0.25, 0.3) is 5.52 Å². The van der Waals surface area contributed by atoms with E-state index in [-0.39, 0.29) is 0 Å². The number of fused-ring (bicyclic) bond motifs is 1. The Morgan fingerprint density at radius 3 is 2.95 bits per heavy atom. The zero-order valence-electron chi connectivity index (χ0n) is 12.5. The predicted molar refractivity (Wildman–Crippen MR) is 80.8 cm³/mol. The number of aromatic nitrogens is 2. The van der Waals surface area contributed by atoms with Gasteiger partial charge in [-0.2, -0.15) is 0 Å². The van der Waals surface area contributed by atoms with Crippen molar-refractivity contribution in [3.8, 4) is 0 Å². The lowest BCUT2D eigenvalue weighted by molar-refractivity contribution is 0.0688. The zero-order valence-corrected chi connectivity index (χ0v) is 12.5. The summed E-state index contributed by atoms with van der Waals surface area (Å²) in [7, 11) is 0. The third-order valence-electron chi connectivity index (χ3n) is 4.35. The topological polar surface area (TPSA) is 57.8 Å². The molecule has 1 aliphatic rings. The third kappa shape index (κ3) is 2.53. The first-order chi connectivity index (χ1) is 10.1. The van der Waals surface area contributed by atoms with Crippen LogP contribution in [0.15, 0.2) is 24.4 Å². The highest BCUT2D eigenvalue weighted by atomic mass is 16.4. The Morgan fingerprint density at radius 2 is 2.24 bits per heavy atom. The maximum Gasteiger partial charge on any atom is 0.352 e. The van der Waals surface area contributed by atoms with E-state index in [4.69, 9.17) is 0 Å². The van der Waals surface area contributed by atoms with E-state index in [1.165, 1.54) is 0 Å². The quantitative estimate of drug-likeness (QED) is 0.942. The molecule has 1 saturated heterocycles. The summed E-state index contributed by atoms with van der Waals surface area (Å²) in [6.07, 6.45) is 3.97. The average molecular weight is 287 g/mol. The van der Waals surface area contributed by atoms with Crippen LogP contribution in [0.3, 0.4) is 0 Å². The average Bonchev–Trinajstić information content (AvgIpc) is 2.91. The standard InChI is InChI=1S/C16H21N3O2/c1-11(2)18-8-4-5-12(10-18)15-17-9-13-6-3-7-14(16(20)21)19(13)15/h3,6-7,9,11-12H,4-5,8,10H2,1-2H3,(H,20,21). The summed E-state index contributed by atoms with van der Waals surface area (Å²) in [6, 6.07) is 5.83. The second-order valence-corrected chi connectivity index (χ2v) is 6.02. The maximum absolute atomic E-state index is 11.5. The van der Waals surface area contributed by atoms with Gasteiger partial charge in [0.15, 0.2) is 0 Å². The van der Waals surface area contributed by atoms with Crippen LogP contribution in [0, 0.1) is 0 Å². The molecule has 0 spiro atoms. The molecule has 0 amide bonds. The van der Waals surface area contributed by atoms with Gasteiger partial charge in [-0.05, 0) is 45.4 Å². The summed E-state index contributed by atoms with van der Waals surface area (Å²) in [4.78, 5) is 18.4. The fourth-order valence-electron chi connectivity index (χ4n) is 3.21. The van der Waals surface area contributed by atoms with Crippen molar-refractivity contribution in [3.63, 3.8) is 0 Å². The van der Waals surface area contributed by atoms with Crippen LogP contribution in [0.1, 0.15) is 48.9 Å². The second kappa shape index (κ2) is 5.48. The first kappa shape index (κ1) is 14.1. The number of pyridine rings is 1. The summed E-state index contributed by atoms with van der Waals surface area (Å²) in [5, 5.41) is 9.41.